The fourth-order valence-corrected chi connectivity index (χ4v) is 2.67. The number of pyridine rings is 2. The molecule has 0 atom stereocenters. The van der Waals surface area contributed by atoms with Crippen LogP contribution in [0, 0.1) is 11.3 Å². The van der Waals surface area contributed by atoms with E-state index in [4.69, 9.17) is 17.3 Å². The molecule has 0 saturated heterocycles. The number of hydrogen-bond donors (Lipinski definition) is 1. The average molecular weight is 323 g/mol. The van der Waals surface area contributed by atoms with Crippen LogP contribution in [0.5, 0.6) is 0 Å². The highest BCUT2D eigenvalue weighted by atomic mass is 35.5. The molecule has 1 amide bonds. The number of nitriles is 1. The fraction of sp³-hybridized carbons (Fsp3) is 0.0588. The van der Waals surface area contributed by atoms with Crippen LogP contribution in [0.4, 0.5) is 0 Å². The lowest BCUT2D eigenvalue weighted by atomic mass is 9.98. The number of carbonyl (C=O) groups is 1. The molecule has 0 fully saturated rings. The van der Waals surface area contributed by atoms with Crippen LogP contribution in [0.3, 0.4) is 0 Å². The summed E-state index contributed by atoms with van der Waals surface area (Å²) >= 11 is 5.98. The van der Waals surface area contributed by atoms with Crippen LogP contribution in [-0.2, 0) is 6.42 Å². The molecule has 0 unspecified atom stereocenters. The maximum atomic E-state index is 11.5. The summed E-state index contributed by atoms with van der Waals surface area (Å²) in [7, 11) is 0. The SMILES string of the molecule is N#Cc1cc(Cc2cnccc2C(N)=O)cc2cc(Cl)cnc12. The zero-order valence-electron chi connectivity index (χ0n) is 12.0. The summed E-state index contributed by atoms with van der Waals surface area (Å²) in [5.41, 5.74) is 8.43. The molecule has 1 aromatic carbocycles. The number of benzene rings is 1. The Morgan fingerprint density at radius 2 is 2.13 bits per heavy atom. The van der Waals surface area contributed by atoms with Crippen molar-refractivity contribution in [1.29, 1.82) is 5.26 Å². The maximum absolute atomic E-state index is 11.5. The Morgan fingerprint density at radius 3 is 2.87 bits per heavy atom. The number of nitrogens with zero attached hydrogens (tertiary/aromatic N) is 3. The minimum atomic E-state index is -0.506. The molecule has 112 valence electrons. The predicted octanol–water partition coefficient (Wildman–Crippen LogP) is 2.84. The Kier molecular flexibility index (Phi) is 3.92. The number of rotatable bonds is 3. The standard InChI is InChI=1S/C17H11ClN4O/c18-14-6-11-3-10(4-12(7-19)16(11)22-9-14)5-13-8-21-2-1-15(13)17(20)23/h1-4,6,8-9H,5H2,(H2,20,23). The molecular weight excluding hydrogens is 312 g/mol. The van der Waals surface area contributed by atoms with Crippen molar-refractivity contribution in [3.8, 4) is 6.07 Å². The third-order valence-electron chi connectivity index (χ3n) is 3.49. The first-order valence-electron chi connectivity index (χ1n) is 6.79. The van der Waals surface area contributed by atoms with Gasteiger partial charge in [0.15, 0.2) is 0 Å². The smallest absolute Gasteiger partial charge is 0.249 e. The van der Waals surface area contributed by atoms with Crippen LogP contribution in [0.15, 0.2) is 42.9 Å². The van der Waals surface area contributed by atoms with E-state index in [9.17, 15) is 10.1 Å². The third-order valence-corrected chi connectivity index (χ3v) is 3.70. The highest BCUT2D eigenvalue weighted by Gasteiger charge is 2.11. The number of aromatic nitrogens is 2. The molecule has 3 aromatic rings. The molecule has 0 aliphatic rings. The van der Waals surface area contributed by atoms with E-state index in [0.717, 1.165) is 10.9 Å². The quantitative estimate of drug-likeness (QED) is 0.802. The maximum Gasteiger partial charge on any atom is 0.249 e. The minimum Gasteiger partial charge on any atom is -0.366 e. The van der Waals surface area contributed by atoms with E-state index < -0.39 is 5.91 Å². The van der Waals surface area contributed by atoms with E-state index in [1.165, 1.54) is 12.4 Å². The van der Waals surface area contributed by atoms with Gasteiger partial charge in [-0.2, -0.15) is 5.26 Å². The monoisotopic (exact) mass is 322 g/mol. The highest BCUT2D eigenvalue weighted by Crippen LogP contribution is 2.24. The third kappa shape index (κ3) is 2.98. The van der Waals surface area contributed by atoms with E-state index >= 15 is 0 Å². The molecule has 0 aliphatic heterocycles. The van der Waals surface area contributed by atoms with Crippen LogP contribution in [-0.4, -0.2) is 15.9 Å². The number of hydrogen-bond acceptors (Lipinski definition) is 4. The normalized spacial score (nSPS) is 10.4. The lowest BCUT2D eigenvalue weighted by Crippen LogP contribution is -2.14. The van der Waals surface area contributed by atoms with E-state index in [0.29, 0.717) is 33.7 Å². The summed E-state index contributed by atoms with van der Waals surface area (Å²) in [4.78, 5) is 19.7. The zero-order valence-corrected chi connectivity index (χ0v) is 12.7. The van der Waals surface area contributed by atoms with Crippen molar-refractivity contribution in [2.75, 3.05) is 0 Å². The number of halogens is 1. The van der Waals surface area contributed by atoms with Gasteiger partial charge in [0, 0.05) is 29.5 Å². The van der Waals surface area contributed by atoms with Gasteiger partial charge in [0.05, 0.1) is 16.1 Å². The molecule has 5 nitrogen and oxygen atoms in total. The van der Waals surface area contributed by atoms with Crippen molar-refractivity contribution < 1.29 is 4.79 Å². The van der Waals surface area contributed by atoms with Gasteiger partial charge in [0.25, 0.3) is 0 Å². The topological polar surface area (TPSA) is 92.7 Å². The summed E-state index contributed by atoms with van der Waals surface area (Å²) in [5, 5.41) is 10.6. The van der Waals surface area contributed by atoms with Crippen LogP contribution < -0.4 is 5.73 Å². The highest BCUT2D eigenvalue weighted by molar-refractivity contribution is 6.31. The molecule has 3 rings (SSSR count). The number of primary amides is 1. The van der Waals surface area contributed by atoms with Crippen molar-refractivity contribution in [3.63, 3.8) is 0 Å². The van der Waals surface area contributed by atoms with Crippen LogP contribution in [0.1, 0.15) is 27.0 Å². The van der Waals surface area contributed by atoms with Crippen LogP contribution >= 0.6 is 11.6 Å². The Morgan fingerprint density at radius 1 is 1.30 bits per heavy atom. The fourth-order valence-electron chi connectivity index (χ4n) is 2.50. The lowest BCUT2D eigenvalue weighted by Gasteiger charge is -2.08. The van der Waals surface area contributed by atoms with Crippen molar-refractivity contribution in [3.05, 3.63) is 70.1 Å². The Balaban J connectivity index is 2.11. The second-order valence-electron chi connectivity index (χ2n) is 5.05. The summed E-state index contributed by atoms with van der Waals surface area (Å²) < 4.78 is 0. The molecule has 23 heavy (non-hydrogen) atoms. The predicted molar refractivity (Wildman–Crippen MR) is 87.0 cm³/mol. The van der Waals surface area contributed by atoms with Gasteiger partial charge in [-0.3, -0.25) is 14.8 Å². The van der Waals surface area contributed by atoms with Crippen molar-refractivity contribution in [2.45, 2.75) is 6.42 Å². The van der Waals surface area contributed by atoms with Crippen molar-refractivity contribution in [2.24, 2.45) is 5.73 Å². The number of fused-ring (bicyclic) bond motifs is 1. The summed E-state index contributed by atoms with van der Waals surface area (Å²) in [6.45, 7) is 0. The van der Waals surface area contributed by atoms with Crippen molar-refractivity contribution >= 4 is 28.4 Å². The molecule has 2 heterocycles. The molecule has 6 heteroatoms. The molecular formula is C17H11ClN4O. The van der Waals surface area contributed by atoms with Crippen LogP contribution in [0.2, 0.25) is 5.02 Å². The molecule has 0 aliphatic carbocycles. The first-order valence-corrected chi connectivity index (χ1v) is 7.17. The van der Waals surface area contributed by atoms with Gasteiger partial charge in [-0.15, -0.1) is 0 Å². The van der Waals surface area contributed by atoms with E-state index in [1.54, 1.807) is 24.4 Å². The second-order valence-corrected chi connectivity index (χ2v) is 5.49. The van der Waals surface area contributed by atoms with Crippen molar-refractivity contribution in [1.82, 2.24) is 9.97 Å². The molecule has 2 aromatic heterocycles. The largest absolute Gasteiger partial charge is 0.366 e. The van der Waals surface area contributed by atoms with E-state index in [1.807, 2.05) is 6.07 Å². The number of nitrogens with two attached hydrogens (primary N) is 1. The van der Waals surface area contributed by atoms with Gasteiger partial charge in [-0.25, -0.2) is 0 Å². The van der Waals surface area contributed by atoms with Gasteiger partial charge in [-0.05, 0) is 41.8 Å². The van der Waals surface area contributed by atoms with Gasteiger partial charge in [0.1, 0.15) is 6.07 Å². The van der Waals surface area contributed by atoms with Gasteiger partial charge >= 0.3 is 0 Å². The first-order chi connectivity index (χ1) is 11.1. The Hall–Kier alpha value is -2.97. The Bertz CT molecular complexity index is 962. The zero-order chi connectivity index (χ0) is 16.4. The van der Waals surface area contributed by atoms with E-state index in [2.05, 4.69) is 16.0 Å². The molecule has 0 radical (unpaired) electrons. The van der Waals surface area contributed by atoms with Gasteiger partial charge in [0.2, 0.25) is 5.91 Å². The molecule has 0 bridgehead atoms. The lowest BCUT2D eigenvalue weighted by molar-refractivity contribution is 0.0999. The average Bonchev–Trinajstić information content (AvgIpc) is 2.54. The van der Waals surface area contributed by atoms with Crippen LogP contribution in [0.25, 0.3) is 10.9 Å². The number of amides is 1. The second kappa shape index (κ2) is 6.03. The molecule has 2 N–H and O–H groups in total. The van der Waals surface area contributed by atoms with Gasteiger partial charge < -0.3 is 5.73 Å². The molecule has 0 spiro atoms. The summed E-state index contributed by atoms with van der Waals surface area (Å²) in [6.07, 6.45) is 5.07. The minimum absolute atomic E-state index is 0.419. The molecule has 0 saturated carbocycles. The summed E-state index contributed by atoms with van der Waals surface area (Å²) in [6, 6.07) is 9.13. The first kappa shape index (κ1) is 14.9. The van der Waals surface area contributed by atoms with E-state index in [-0.39, 0.29) is 0 Å². The van der Waals surface area contributed by atoms with Gasteiger partial charge in [-0.1, -0.05) is 11.6 Å². The summed E-state index contributed by atoms with van der Waals surface area (Å²) in [5.74, 6) is -0.506. The Labute approximate surface area is 137 Å². The number of carbonyl (C=O) groups excluding carboxylic acids is 1.